The summed E-state index contributed by atoms with van der Waals surface area (Å²) in [6.45, 7) is 6.00. The van der Waals surface area contributed by atoms with E-state index in [1.54, 1.807) is 35.6 Å². The molecule has 0 spiro atoms. The predicted molar refractivity (Wildman–Crippen MR) is 194 cm³/mol. The van der Waals surface area contributed by atoms with Gasteiger partial charge in [0.2, 0.25) is 11.8 Å². The van der Waals surface area contributed by atoms with Gasteiger partial charge in [0.05, 0.1) is 34.1 Å². The van der Waals surface area contributed by atoms with Crippen molar-refractivity contribution in [1.29, 1.82) is 0 Å². The normalized spacial score (nSPS) is 22.5. The van der Waals surface area contributed by atoms with Gasteiger partial charge in [-0.2, -0.15) is 0 Å². The molecule has 0 N–H and O–H groups in total. The first kappa shape index (κ1) is 32.5. The lowest BCUT2D eigenvalue weighted by atomic mass is 9.89. The molecule has 48 heavy (non-hydrogen) atoms. The van der Waals surface area contributed by atoms with Crippen LogP contribution >= 0.6 is 34.3 Å². The Bertz CT molecular complexity index is 1990. The Morgan fingerprint density at radius 2 is 1.50 bits per heavy atom. The van der Waals surface area contributed by atoms with Crippen molar-refractivity contribution in [2.75, 3.05) is 4.90 Å². The van der Waals surface area contributed by atoms with E-state index in [1.807, 2.05) is 80.6 Å². The number of ether oxygens (including phenoxy) is 2. The number of amides is 2. The number of thiophene rings is 2. The van der Waals surface area contributed by atoms with Crippen LogP contribution in [0.1, 0.15) is 62.3 Å². The van der Waals surface area contributed by atoms with E-state index < -0.39 is 30.0 Å². The summed E-state index contributed by atoms with van der Waals surface area (Å²) in [5.74, 6) is -1.97. The zero-order valence-electron chi connectivity index (χ0n) is 26.8. The van der Waals surface area contributed by atoms with Crippen molar-refractivity contribution in [3.05, 3.63) is 121 Å². The van der Waals surface area contributed by atoms with E-state index in [-0.39, 0.29) is 11.8 Å². The Labute approximate surface area is 293 Å². The molecule has 4 unspecified atom stereocenters. The molecule has 2 amide bonds. The number of nitrogens with zero attached hydrogens (tertiary/aromatic N) is 1. The van der Waals surface area contributed by atoms with Crippen LogP contribution in [0.4, 0.5) is 5.69 Å². The summed E-state index contributed by atoms with van der Waals surface area (Å²) in [5.41, 5.74) is 6.29. The average Bonchev–Trinajstić information content (AvgIpc) is 3.89. The zero-order chi connectivity index (χ0) is 33.5. The number of allylic oxidation sites excluding steroid dienone is 3. The highest BCUT2D eigenvalue weighted by Crippen LogP contribution is 2.46. The minimum Gasteiger partial charge on any atom is -0.422 e. The summed E-state index contributed by atoms with van der Waals surface area (Å²) in [7, 11) is 0. The van der Waals surface area contributed by atoms with Gasteiger partial charge in [-0.25, -0.2) is 9.69 Å². The molecule has 0 saturated carbocycles. The second-order valence-electron chi connectivity index (χ2n) is 12.2. The minimum absolute atomic E-state index is 0.296. The van der Waals surface area contributed by atoms with E-state index in [0.717, 1.165) is 39.6 Å². The third-order valence-electron chi connectivity index (χ3n) is 9.26. The third-order valence-corrected chi connectivity index (χ3v) is 11.5. The van der Waals surface area contributed by atoms with Gasteiger partial charge in [0.1, 0.15) is 10.6 Å². The molecule has 0 bridgehead atoms. The first-order chi connectivity index (χ1) is 23.2. The average molecular weight is 696 g/mol. The number of carbonyl (C=O) groups excluding carboxylic acids is 3. The number of aryl methyl sites for hydroxylation is 2. The second-order valence-corrected chi connectivity index (χ2v) is 15.4. The Morgan fingerprint density at radius 1 is 0.875 bits per heavy atom. The van der Waals surface area contributed by atoms with Crippen molar-refractivity contribution in [2.24, 2.45) is 11.8 Å². The van der Waals surface area contributed by atoms with Crippen LogP contribution in [0.25, 0.3) is 17.2 Å². The van der Waals surface area contributed by atoms with E-state index in [0.29, 0.717) is 16.3 Å². The summed E-state index contributed by atoms with van der Waals surface area (Å²) >= 11 is 9.34. The van der Waals surface area contributed by atoms with Crippen molar-refractivity contribution in [3.63, 3.8) is 0 Å². The van der Waals surface area contributed by atoms with E-state index >= 15 is 0 Å². The van der Waals surface area contributed by atoms with Crippen LogP contribution in [-0.2, 0) is 14.3 Å². The highest BCUT2D eigenvalue weighted by molar-refractivity contribution is 7.16. The van der Waals surface area contributed by atoms with Crippen molar-refractivity contribution in [2.45, 2.75) is 52.2 Å². The fourth-order valence-electron chi connectivity index (χ4n) is 7.09. The number of hydrogen-bond acceptors (Lipinski definition) is 7. The second kappa shape index (κ2) is 13.4. The van der Waals surface area contributed by atoms with E-state index in [4.69, 9.17) is 21.1 Å². The monoisotopic (exact) mass is 695 g/mol. The highest BCUT2D eigenvalue weighted by atomic mass is 35.5. The number of fused-ring (bicyclic) bond motifs is 1. The smallest absolute Gasteiger partial charge is 0.353 e. The van der Waals surface area contributed by atoms with Crippen molar-refractivity contribution in [1.82, 2.24) is 0 Å². The summed E-state index contributed by atoms with van der Waals surface area (Å²) in [5, 5.41) is 0. The van der Waals surface area contributed by atoms with Gasteiger partial charge in [-0.05, 0) is 104 Å². The highest BCUT2D eigenvalue weighted by Gasteiger charge is 2.59. The Kier molecular flexibility index (Phi) is 9.09. The van der Waals surface area contributed by atoms with Crippen LogP contribution in [0.3, 0.4) is 0 Å². The molecule has 0 radical (unpaired) electrons. The van der Waals surface area contributed by atoms with Crippen LogP contribution in [0.15, 0.2) is 85.0 Å². The van der Waals surface area contributed by atoms with Gasteiger partial charge >= 0.3 is 5.97 Å². The maximum atomic E-state index is 13.8. The Balaban J connectivity index is 1.08. The van der Waals surface area contributed by atoms with Crippen LogP contribution < -0.4 is 9.64 Å². The van der Waals surface area contributed by atoms with Crippen molar-refractivity contribution >= 4 is 75.0 Å². The minimum atomic E-state index is -0.636. The molecule has 4 aromatic rings. The molecule has 4 atom stereocenters. The molecule has 9 heteroatoms. The molecule has 2 aromatic carbocycles. The van der Waals surface area contributed by atoms with Gasteiger partial charge in [0.25, 0.3) is 0 Å². The van der Waals surface area contributed by atoms with Crippen LogP contribution in [0, 0.1) is 25.7 Å². The number of anilines is 1. The molecule has 2 aliphatic heterocycles. The quantitative estimate of drug-likeness (QED) is 0.0795. The first-order valence-electron chi connectivity index (χ1n) is 16.0. The third kappa shape index (κ3) is 6.03. The van der Waals surface area contributed by atoms with E-state index in [9.17, 15) is 14.4 Å². The Morgan fingerprint density at radius 3 is 2.12 bits per heavy atom. The maximum absolute atomic E-state index is 13.8. The summed E-state index contributed by atoms with van der Waals surface area (Å²) < 4.78 is 12.7. The van der Waals surface area contributed by atoms with Gasteiger partial charge in [0.15, 0.2) is 0 Å². The number of esters is 1. The van der Waals surface area contributed by atoms with Crippen LogP contribution in [0.2, 0.25) is 4.34 Å². The Hall–Kier alpha value is -4.08. The summed E-state index contributed by atoms with van der Waals surface area (Å²) in [6.07, 6.45) is 9.44. The van der Waals surface area contributed by atoms with Crippen molar-refractivity contribution < 1.29 is 23.9 Å². The van der Waals surface area contributed by atoms with Gasteiger partial charge in [-0.1, -0.05) is 66.2 Å². The predicted octanol–water partition coefficient (Wildman–Crippen LogP) is 9.56. The SMILES string of the molecule is C/C=C/C1OC(/C=C/c2ccccc2)C2C(=O)N(c3ccc(OC(=O)c4cc(C5=C(c6cc(Cl)sc6C)CCC5)c(C)s4)cc3)C(=O)C12. The first-order valence-corrected chi connectivity index (χ1v) is 18.0. The lowest BCUT2D eigenvalue weighted by Gasteiger charge is -2.20. The fraction of sp³-hybridized carbons (Fsp3) is 0.256. The lowest BCUT2D eigenvalue weighted by Crippen LogP contribution is -2.35. The fourth-order valence-corrected chi connectivity index (χ4v) is 9.23. The zero-order valence-corrected chi connectivity index (χ0v) is 29.2. The van der Waals surface area contributed by atoms with Gasteiger partial charge in [-0.3, -0.25) is 9.59 Å². The maximum Gasteiger partial charge on any atom is 0.353 e. The number of halogens is 1. The summed E-state index contributed by atoms with van der Waals surface area (Å²) in [4.78, 5) is 44.8. The molecule has 4 heterocycles. The molecule has 244 valence electrons. The standard InChI is InChI=1S/C39H34ClNO5S2/c1-4-9-31-35-36(32(46-31)19-14-24-10-6-5-7-11-24)38(43)41(37(35)42)25-15-17-26(18-16-25)45-39(44)33-20-29(22(2)47-33)27-12-8-13-28(27)30-21-34(40)48-23(30)3/h4-7,9-11,14-21,31-32,35-36H,8,12-13H2,1-3H3/b9-4+,19-14+. The number of hydrogen-bond donors (Lipinski definition) is 0. The number of imide groups is 1. The van der Waals surface area contributed by atoms with Crippen LogP contribution in [-0.4, -0.2) is 30.0 Å². The molecular weight excluding hydrogens is 662 g/mol. The number of rotatable bonds is 8. The van der Waals surface area contributed by atoms with E-state index in [1.165, 1.54) is 37.8 Å². The largest absolute Gasteiger partial charge is 0.422 e. The topological polar surface area (TPSA) is 72.9 Å². The molecule has 6 nitrogen and oxygen atoms in total. The van der Waals surface area contributed by atoms with Crippen LogP contribution in [0.5, 0.6) is 5.75 Å². The van der Waals surface area contributed by atoms with Crippen molar-refractivity contribution in [3.8, 4) is 5.75 Å². The summed E-state index contributed by atoms with van der Waals surface area (Å²) in [6, 6.07) is 20.3. The molecular formula is C39H34ClNO5S2. The number of benzene rings is 2. The number of carbonyl (C=O) groups is 3. The molecule has 2 saturated heterocycles. The molecule has 7 rings (SSSR count). The molecule has 2 aromatic heterocycles. The van der Waals surface area contributed by atoms with Gasteiger partial charge < -0.3 is 9.47 Å². The van der Waals surface area contributed by atoms with E-state index in [2.05, 4.69) is 6.92 Å². The van der Waals surface area contributed by atoms with Gasteiger partial charge in [-0.15, -0.1) is 22.7 Å². The van der Waals surface area contributed by atoms with Gasteiger partial charge in [0, 0.05) is 9.75 Å². The lowest BCUT2D eigenvalue weighted by molar-refractivity contribution is -0.124. The molecule has 1 aliphatic carbocycles. The molecule has 2 fully saturated rings. The molecule has 3 aliphatic rings.